The first kappa shape index (κ1) is 19.4. The molecule has 4 heteroatoms. The van der Waals surface area contributed by atoms with E-state index in [9.17, 15) is 14.7 Å². The molecule has 0 heterocycles. The van der Waals surface area contributed by atoms with E-state index in [1.165, 1.54) is 18.2 Å². The predicted molar refractivity (Wildman–Crippen MR) is 110 cm³/mol. The third-order valence-electron chi connectivity index (χ3n) is 4.10. The molecule has 0 bridgehead atoms. The Morgan fingerprint density at radius 1 is 0.893 bits per heavy atom. The molecule has 0 aliphatic rings. The average molecular weight is 374 g/mol. The first-order chi connectivity index (χ1) is 13.2. The van der Waals surface area contributed by atoms with E-state index in [1.807, 2.05) is 42.5 Å². The Kier molecular flexibility index (Phi) is 5.32. The second-order valence-electron chi connectivity index (χ2n) is 7.51. The number of fused-ring (bicyclic) bond motifs is 1. The quantitative estimate of drug-likeness (QED) is 0.225. The van der Waals surface area contributed by atoms with Crippen molar-refractivity contribution in [1.29, 1.82) is 0 Å². The van der Waals surface area contributed by atoms with E-state index in [1.54, 1.807) is 32.9 Å². The molecule has 1 N–H and O–H groups in total. The van der Waals surface area contributed by atoms with Crippen molar-refractivity contribution >= 4 is 28.6 Å². The molecular weight excluding hydrogens is 352 g/mol. The van der Waals surface area contributed by atoms with E-state index in [4.69, 9.17) is 4.74 Å². The highest BCUT2D eigenvalue weighted by molar-refractivity contribution is 6.27. The number of aromatic hydroxyl groups is 1. The molecular formula is C24H22O4. The number of phenolic OH excluding ortho intramolecular Hbond substituents is 1. The van der Waals surface area contributed by atoms with Crippen LogP contribution in [0.25, 0.3) is 16.8 Å². The summed E-state index contributed by atoms with van der Waals surface area (Å²) in [6.45, 7) is 5.22. The van der Waals surface area contributed by atoms with Gasteiger partial charge in [-0.05, 0) is 61.4 Å². The van der Waals surface area contributed by atoms with Crippen LogP contribution in [-0.4, -0.2) is 22.5 Å². The molecule has 0 unspecified atom stereocenters. The summed E-state index contributed by atoms with van der Waals surface area (Å²) >= 11 is 0. The standard InChI is InChI=1S/C24H22O4/c1-24(2,3)28-23(27)20(22(26)19-10-6-7-11-21(19)25)15-16-12-13-17-8-4-5-9-18(17)14-16/h4-15,25H,1-3H3/b20-15+. The number of ketones is 1. The van der Waals surface area contributed by atoms with Crippen LogP contribution in [-0.2, 0) is 9.53 Å². The fraction of sp³-hybridized carbons (Fsp3) is 0.167. The Hall–Kier alpha value is -3.40. The molecule has 142 valence electrons. The summed E-state index contributed by atoms with van der Waals surface area (Å²) in [5.74, 6) is -1.49. The van der Waals surface area contributed by atoms with Crippen LogP contribution >= 0.6 is 0 Å². The third-order valence-corrected chi connectivity index (χ3v) is 4.10. The van der Waals surface area contributed by atoms with Crippen molar-refractivity contribution in [1.82, 2.24) is 0 Å². The maximum atomic E-state index is 13.0. The van der Waals surface area contributed by atoms with E-state index in [2.05, 4.69) is 0 Å². The molecule has 0 fully saturated rings. The number of esters is 1. The van der Waals surface area contributed by atoms with E-state index in [-0.39, 0.29) is 16.9 Å². The summed E-state index contributed by atoms with van der Waals surface area (Å²) in [7, 11) is 0. The van der Waals surface area contributed by atoms with Gasteiger partial charge in [0.1, 0.15) is 16.9 Å². The molecule has 4 nitrogen and oxygen atoms in total. The van der Waals surface area contributed by atoms with Gasteiger partial charge in [0.15, 0.2) is 0 Å². The van der Waals surface area contributed by atoms with Gasteiger partial charge in [-0.25, -0.2) is 4.79 Å². The van der Waals surface area contributed by atoms with Gasteiger partial charge in [0.05, 0.1) is 5.56 Å². The Morgan fingerprint density at radius 2 is 1.54 bits per heavy atom. The normalized spacial score (nSPS) is 12.0. The number of Topliss-reactive ketones (excluding diaryl/α,β-unsaturated/α-hetero) is 1. The summed E-state index contributed by atoms with van der Waals surface area (Å²) < 4.78 is 5.43. The molecule has 3 aromatic carbocycles. The lowest BCUT2D eigenvalue weighted by Crippen LogP contribution is -2.27. The molecule has 0 saturated heterocycles. The fourth-order valence-corrected chi connectivity index (χ4v) is 2.83. The molecule has 3 rings (SSSR count). The summed E-state index contributed by atoms with van der Waals surface area (Å²) in [5, 5.41) is 12.1. The SMILES string of the molecule is CC(C)(C)OC(=O)/C(=C/c1ccc2ccccc2c1)C(=O)c1ccccc1O. The highest BCUT2D eigenvalue weighted by atomic mass is 16.6. The highest BCUT2D eigenvalue weighted by Crippen LogP contribution is 2.24. The fourth-order valence-electron chi connectivity index (χ4n) is 2.83. The lowest BCUT2D eigenvalue weighted by Gasteiger charge is -2.20. The number of benzene rings is 3. The molecule has 0 amide bonds. The number of para-hydroxylation sites is 1. The summed E-state index contributed by atoms with van der Waals surface area (Å²) in [6, 6.07) is 19.6. The second kappa shape index (κ2) is 7.69. The molecule has 0 radical (unpaired) electrons. The smallest absolute Gasteiger partial charge is 0.342 e. The summed E-state index contributed by atoms with van der Waals surface area (Å²) in [5.41, 5.74) is -0.131. The number of ether oxygens (including phenoxy) is 1. The van der Waals surface area contributed by atoms with E-state index in [0.29, 0.717) is 5.56 Å². The lowest BCUT2D eigenvalue weighted by molar-refractivity contribution is -0.149. The van der Waals surface area contributed by atoms with Crippen LogP contribution in [0.2, 0.25) is 0 Å². The van der Waals surface area contributed by atoms with Crippen molar-refractivity contribution < 1.29 is 19.4 Å². The molecule has 0 spiro atoms. The number of hydrogen-bond donors (Lipinski definition) is 1. The second-order valence-corrected chi connectivity index (χ2v) is 7.51. The van der Waals surface area contributed by atoms with Gasteiger partial charge in [-0.1, -0.05) is 48.5 Å². The largest absolute Gasteiger partial charge is 0.507 e. The predicted octanol–water partition coefficient (Wildman–Crippen LogP) is 5.15. The zero-order valence-electron chi connectivity index (χ0n) is 16.1. The number of hydrogen-bond acceptors (Lipinski definition) is 4. The molecule has 28 heavy (non-hydrogen) atoms. The van der Waals surface area contributed by atoms with Gasteiger partial charge in [0.25, 0.3) is 0 Å². The molecule has 0 saturated carbocycles. The first-order valence-corrected chi connectivity index (χ1v) is 9.01. The van der Waals surface area contributed by atoms with Crippen LogP contribution < -0.4 is 0 Å². The first-order valence-electron chi connectivity index (χ1n) is 9.01. The highest BCUT2D eigenvalue weighted by Gasteiger charge is 2.27. The Bertz CT molecular complexity index is 1070. The minimum Gasteiger partial charge on any atom is -0.507 e. The molecule has 0 aliphatic carbocycles. The van der Waals surface area contributed by atoms with Gasteiger partial charge in [0, 0.05) is 0 Å². The lowest BCUT2D eigenvalue weighted by atomic mass is 9.98. The van der Waals surface area contributed by atoms with E-state index in [0.717, 1.165) is 10.8 Å². The topological polar surface area (TPSA) is 63.6 Å². The van der Waals surface area contributed by atoms with Crippen molar-refractivity contribution in [2.45, 2.75) is 26.4 Å². The number of phenols is 1. The van der Waals surface area contributed by atoms with E-state index < -0.39 is 17.4 Å². The Labute approximate surface area is 164 Å². The van der Waals surface area contributed by atoms with Crippen molar-refractivity contribution in [3.05, 3.63) is 83.4 Å². The average Bonchev–Trinajstić information content (AvgIpc) is 2.64. The van der Waals surface area contributed by atoms with Gasteiger partial charge in [-0.3, -0.25) is 4.79 Å². The number of carbonyl (C=O) groups excluding carboxylic acids is 2. The van der Waals surface area contributed by atoms with Crippen LogP contribution in [0.1, 0.15) is 36.7 Å². The monoisotopic (exact) mass is 374 g/mol. The number of carbonyl (C=O) groups is 2. The van der Waals surface area contributed by atoms with Crippen molar-refractivity contribution in [2.24, 2.45) is 0 Å². The Morgan fingerprint density at radius 3 is 2.21 bits per heavy atom. The van der Waals surface area contributed by atoms with Gasteiger partial charge >= 0.3 is 5.97 Å². The van der Waals surface area contributed by atoms with Gasteiger partial charge in [0.2, 0.25) is 5.78 Å². The van der Waals surface area contributed by atoms with Gasteiger partial charge < -0.3 is 9.84 Å². The molecule has 0 aliphatic heterocycles. The zero-order valence-corrected chi connectivity index (χ0v) is 16.1. The van der Waals surface area contributed by atoms with Crippen molar-refractivity contribution in [3.8, 4) is 5.75 Å². The molecule has 3 aromatic rings. The van der Waals surface area contributed by atoms with Crippen molar-refractivity contribution in [2.75, 3.05) is 0 Å². The van der Waals surface area contributed by atoms with Crippen LogP contribution in [0.15, 0.2) is 72.3 Å². The van der Waals surface area contributed by atoms with E-state index >= 15 is 0 Å². The van der Waals surface area contributed by atoms with Gasteiger partial charge in [-0.2, -0.15) is 0 Å². The summed E-state index contributed by atoms with van der Waals surface area (Å²) in [4.78, 5) is 25.8. The maximum Gasteiger partial charge on any atom is 0.342 e. The third kappa shape index (κ3) is 4.46. The minimum absolute atomic E-state index is 0.0559. The maximum absolute atomic E-state index is 13.0. The Balaban J connectivity index is 2.08. The zero-order chi connectivity index (χ0) is 20.3. The molecule has 0 atom stereocenters. The summed E-state index contributed by atoms with van der Waals surface area (Å²) in [6.07, 6.45) is 1.51. The van der Waals surface area contributed by atoms with Crippen LogP contribution in [0.3, 0.4) is 0 Å². The number of rotatable bonds is 4. The molecule has 0 aromatic heterocycles. The van der Waals surface area contributed by atoms with Crippen LogP contribution in [0.5, 0.6) is 5.75 Å². The van der Waals surface area contributed by atoms with Gasteiger partial charge in [-0.15, -0.1) is 0 Å². The van der Waals surface area contributed by atoms with Crippen LogP contribution in [0.4, 0.5) is 0 Å². The minimum atomic E-state index is -0.751. The van der Waals surface area contributed by atoms with Crippen molar-refractivity contribution in [3.63, 3.8) is 0 Å². The van der Waals surface area contributed by atoms with Crippen LogP contribution in [0, 0.1) is 0 Å².